The van der Waals surface area contributed by atoms with Gasteiger partial charge in [-0.05, 0) is 163 Å². The van der Waals surface area contributed by atoms with E-state index in [1.807, 2.05) is 66.7 Å². The second kappa shape index (κ2) is 38.8. The quantitative estimate of drug-likeness (QED) is 0.0225. The number of fused-ring (bicyclic) bond motifs is 6. The number of nitrogens with one attached hydrogen (secondary N) is 6. The van der Waals surface area contributed by atoms with Crippen LogP contribution in [0.4, 0.5) is 5.82 Å². The minimum absolute atomic E-state index is 0.0329. The molecule has 15 aromatic rings. The Morgan fingerprint density at radius 1 is 0.532 bits per heavy atom. The topological polar surface area (TPSA) is 413 Å². The number of para-hydroxylation sites is 3. The number of hydrogen-bond acceptors (Lipinski definition) is 21. The maximum Gasteiger partial charge on any atom is 0.274 e. The summed E-state index contributed by atoms with van der Waals surface area (Å²) < 4.78 is 36.3. The van der Waals surface area contributed by atoms with Gasteiger partial charge in [0.25, 0.3) is 34.4 Å². The number of amides is 5. The maximum atomic E-state index is 14.1. The van der Waals surface area contributed by atoms with Gasteiger partial charge in [-0.2, -0.15) is 5.10 Å². The first-order valence-electron chi connectivity index (χ1n) is 39.9. The zero-order chi connectivity index (χ0) is 88.7. The van der Waals surface area contributed by atoms with Crippen LogP contribution in [-0.2, 0) is 24.3 Å². The first-order chi connectivity index (χ1) is 60.9. The number of carbonyl (C=O) groups is 5. The molecule has 8 N–H and O–H groups in total. The number of ether oxygens (including phenoxy) is 1. The number of carbonyl (C=O) groups excluding carboxylic acids is 5. The third kappa shape index (κ3) is 19.3. The molecule has 1 aliphatic heterocycles. The van der Waals surface area contributed by atoms with Gasteiger partial charge >= 0.3 is 0 Å². The Morgan fingerprint density at radius 2 is 0.968 bits per heavy atom. The number of anilines is 1. The van der Waals surface area contributed by atoms with E-state index in [1.54, 1.807) is 175 Å². The van der Waals surface area contributed by atoms with Gasteiger partial charge in [-0.25, -0.2) is 37.6 Å². The van der Waals surface area contributed by atoms with Crippen molar-refractivity contribution >= 4 is 106 Å². The standard InChI is InChI=1S/C33H28N6O3.C31H28N8O4.C30H26N6O4S/c1-4-27(40)34-18-9-8-12-23-13-10-17-26-29(23)33(42)39(25-15-6-5-7-16-25)31(38-26)22(3)37-32(41)28-21(2)36-20-24-14-11-19-35-30(24)28;1-19(35-30(41)26-27(32)37-24-15-7-17-34-39(24)26)28-36-22-13-5-9-20(10-6-16-33-29(40)23-14-8-18-43-23)25(22)31(42)38(28)21-11-3-2-4-12-21;1-19-25(27-22(18-32-19)12-8-16-31-27)29(37)34-20(2)28-35-24-15-7-10-21(11-9-17-33-41(3,39)40)26(24)30(38)36(28)23-13-5-4-6-14-23/h4-7,10-11,13-17,19-20,22H,1,9,18H2,2-3H3,(H,34,40)(H,37,41);2-5,7,9,11-13,15,17,19,23H,8,14,16,18,32H2,1H3,(H,33,40)(H,35,41);4-8,10,12-16,18,20,33H,17H2,1-3H3,(H,34,37)/t22-;19-,23+;20-/m000/s1. The molecule has 1 aliphatic rings. The van der Waals surface area contributed by atoms with Crippen molar-refractivity contribution in [2.75, 3.05) is 38.2 Å². The van der Waals surface area contributed by atoms with E-state index in [1.165, 1.54) is 30.5 Å². The summed E-state index contributed by atoms with van der Waals surface area (Å²) in [6.45, 7) is 13.2. The van der Waals surface area contributed by atoms with Crippen LogP contribution in [0.1, 0.15) is 135 Å². The van der Waals surface area contributed by atoms with Gasteiger partial charge in [-0.15, -0.1) is 0 Å². The Balaban J connectivity index is 0.000000153. The lowest BCUT2D eigenvalue weighted by atomic mass is 10.1. The Labute approximate surface area is 721 Å². The van der Waals surface area contributed by atoms with Crippen LogP contribution < -0.4 is 53.7 Å². The van der Waals surface area contributed by atoms with Gasteiger partial charge in [0.05, 0.1) is 121 Å². The minimum atomic E-state index is -3.41. The molecule has 16 rings (SSSR count). The highest BCUT2D eigenvalue weighted by Gasteiger charge is 2.30. The zero-order valence-corrected chi connectivity index (χ0v) is 69.9. The number of aromatic nitrogens is 13. The monoisotopic (exact) mass is 1700 g/mol. The normalized spacial score (nSPS) is 12.9. The van der Waals surface area contributed by atoms with Crippen molar-refractivity contribution in [2.24, 2.45) is 0 Å². The van der Waals surface area contributed by atoms with Gasteiger partial charge in [0.1, 0.15) is 23.6 Å². The number of nitrogens with two attached hydrogens (primary N) is 1. The molecular formula is C94H82N20O11S. The molecule has 9 aromatic heterocycles. The Morgan fingerprint density at radius 3 is 1.40 bits per heavy atom. The predicted molar refractivity (Wildman–Crippen MR) is 479 cm³/mol. The number of benzene rings is 6. The average molecular weight is 1700 g/mol. The summed E-state index contributed by atoms with van der Waals surface area (Å²) in [5.41, 5.74) is 12.8. The minimum Gasteiger partial charge on any atom is -0.382 e. The van der Waals surface area contributed by atoms with E-state index in [0.29, 0.717) is 144 Å². The summed E-state index contributed by atoms with van der Waals surface area (Å²) in [4.78, 5) is 143. The molecule has 630 valence electrons. The molecule has 5 amide bonds. The highest BCUT2D eigenvalue weighted by atomic mass is 32.2. The maximum absolute atomic E-state index is 14.1. The summed E-state index contributed by atoms with van der Waals surface area (Å²) in [6, 6.07) is 51.4. The van der Waals surface area contributed by atoms with Crippen LogP contribution in [0.15, 0.2) is 240 Å². The van der Waals surface area contributed by atoms with Crippen molar-refractivity contribution in [1.29, 1.82) is 0 Å². The van der Waals surface area contributed by atoms with Crippen molar-refractivity contribution in [3.8, 4) is 52.6 Å². The van der Waals surface area contributed by atoms with Crippen LogP contribution in [0.25, 0.3) is 77.2 Å². The fourth-order valence-electron chi connectivity index (χ4n) is 14.3. The molecule has 0 spiro atoms. The zero-order valence-electron chi connectivity index (χ0n) is 69.0. The molecule has 0 aliphatic carbocycles. The third-order valence-electron chi connectivity index (χ3n) is 20.2. The molecule has 32 heteroatoms. The van der Waals surface area contributed by atoms with Crippen LogP contribution in [-0.4, -0.2) is 140 Å². The van der Waals surface area contributed by atoms with Crippen LogP contribution in [0.3, 0.4) is 0 Å². The average Bonchev–Trinajstić information content (AvgIpc) is 1.13. The SMILES string of the molecule is C=CC(=O)NCCC#Cc1cccc2nc([C@H](C)NC(=O)c3c(C)ncc4cccnc34)n(-c3ccccc3)c(=O)c12.C[C@H](NC(=O)c1c(N)nc2cccnn12)c1nc2cccc(C#CCNC(=O)[C@H]3CCCO3)c2c(=O)n1-c1ccccc1.Cc1ncc2cccnc2c1C(=O)N[C@@H](C)c1nc2cccc(C#CCNS(C)(=O)=O)c2c(=O)n1-c1ccccc1. The third-order valence-corrected chi connectivity index (χ3v) is 20.8. The van der Waals surface area contributed by atoms with Crippen molar-refractivity contribution in [3.63, 3.8) is 0 Å². The van der Waals surface area contributed by atoms with Gasteiger partial charge in [-0.1, -0.05) is 115 Å². The number of imidazole rings is 1. The lowest BCUT2D eigenvalue weighted by Gasteiger charge is -2.20. The molecule has 1 saturated heterocycles. The van der Waals surface area contributed by atoms with E-state index in [0.717, 1.165) is 23.4 Å². The van der Waals surface area contributed by atoms with Gasteiger partial charge in [0, 0.05) is 78.0 Å². The summed E-state index contributed by atoms with van der Waals surface area (Å²) in [5.74, 6) is 17.0. The Hall–Kier alpha value is -16.1. The van der Waals surface area contributed by atoms with E-state index >= 15 is 0 Å². The first kappa shape index (κ1) is 86.3. The lowest BCUT2D eigenvalue weighted by Crippen LogP contribution is -2.34. The van der Waals surface area contributed by atoms with Crippen LogP contribution in [0.5, 0.6) is 0 Å². The molecule has 0 saturated carbocycles. The van der Waals surface area contributed by atoms with Crippen LogP contribution in [0.2, 0.25) is 0 Å². The van der Waals surface area contributed by atoms with Crippen molar-refractivity contribution in [1.82, 2.24) is 94.5 Å². The van der Waals surface area contributed by atoms with E-state index in [-0.39, 0.29) is 64.4 Å². The molecule has 1 fully saturated rings. The largest absolute Gasteiger partial charge is 0.382 e. The lowest BCUT2D eigenvalue weighted by molar-refractivity contribution is -0.129. The number of nitrogen functional groups attached to an aromatic ring is 1. The fourth-order valence-corrected chi connectivity index (χ4v) is 14.6. The van der Waals surface area contributed by atoms with Gasteiger partial charge in [0.2, 0.25) is 21.8 Å². The number of aryl methyl sites for hydroxylation is 2. The Kier molecular flexibility index (Phi) is 26.5. The van der Waals surface area contributed by atoms with Gasteiger partial charge < -0.3 is 37.1 Å². The second-order valence-corrected chi connectivity index (χ2v) is 30.8. The smallest absolute Gasteiger partial charge is 0.274 e. The van der Waals surface area contributed by atoms with Crippen LogP contribution >= 0.6 is 0 Å². The number of hydrogen-bond donors (Lipinski definition) is 7. The molecule has 6 aromatic carbocycles. The summed E-state index contributed by atoms with van der Waals surface area (Å²) in [7, 11) is -3.41. The molecule has 4 atom stereocenters. The first-order valence-corrected chi connectivity index (χ1v) is 41.8. The van der Waals surface area contributed by atoms with Gasteiger partial charge in [0.15, 0.2) is 17.2 Å². The van der Waals surface area contributed by atoms with E-state index in [2.05, 4.69) is 103 Å². The molecule has 0 unspecified atom stereocenters. The van der Waals surface area contributed by atoms with E-state index in [9.17, 15) is 46.8 Å². The van der Waals surface area contributed by atoms with E-state index < -0.39 is 46.1 Å². The number of rotatable bonds is 19. The highest BCUT2D eigenvalue weighted by molar-refractivity contribution is 7.88. The number of pyridine rings is 4. The summed E-state index contributed by atoms with van der Waals surface area (Å²) in [5, 5.41) is 21.0. The van der Waals surface area contributed by atoms with Crippen molar-refractivity contribution < 1.29 is 37.1 Å². The number of sulfonamides is 1. The number of nitrogens with zero attached hydrogens (tertiary/aromatic N) is 13. The molecule has 10 heterocycles. The van der Waals surface area contributed by atoms with Gasteiger partial charge in [-0.3, -0.25) is 72.0 Å². The molecule has 31 nitrogen and oxygen atoms in total. The van der Waals surface area contributed by atoms with E-state index in [4.69, 9.17) is 25.4 Å². The Bertz CT molecular complexity index is 7330. The fraction of sp³-hybridized carbons (Fsp3) is 0.181. The molecular weight excluding hydrogens is 1620 g/mol. The molecule has 0 radical (unpaired) electrons. The summed E-state index contributed by atoms with van der Waals surface area (Å²) >= 11 is 0. The second-order valence-electron chi connectivity index (χ2n) is 28.9. The molecule has 0 bridgehead atoms. The van der Waals surface area contributed by atoms with Crippen LogP contribution in [0, 0.1) is 49.4 Å². The highest BCUT2D eigenvalue weighted by Crippen LogP contribution is 2.28. The predicted octanol–water partition coefficient (Wildman–Crippen LogP) is 9.35. The molecule has 126 heavy (non-hydrogen) atoms. The van der Waals surface area contributed by atoms with Crippen molar-refractivity contribution in [2.45, 2.75) is 78.1 Å². The summed E-state index contributed by atoms with van der Waals surface area (Å²) in [6.07, 6.45) is 11.9. The van der Waals surface area contributed by atoms with Crippen molar-refractivity contribution in [3.05, 3.63) is 319 Å².